The summed E-state index contributed by atoms with van der Waals surface area (Å²) in [6, 6.07) is 8.38. The number of likely N-dealkylation sites (N-methyl/N-ethyl adjacent to an activating group) is 1. The Labute approximate surface area is 157 Å². The number of carbonyl (C=O) groups is 2. The lowest BCUT2D eigenvalue weighted by molar-refractivity contribution is -0.125. The van der Waals surface area contributed by atoms with Gasteiger partial charge >= 0.3 is 0 Å². The first kappa shape index (κ1) is 18.9. The monoisotopic (exact) mass is 372 g/mol. The third kappa shape index (κ3) is 4.65. The molecule has 27 heavy (non-hydrogen) atoms. The Morgan fingerprint density at radius 3 is 2.85 bits per heavy atom. The number of nitrogens with zero attached hydrogens (tertiary/aromatic N) is 2. The van der Waals surface area contributed by atoms with Crippen LogP contribution in [0.4, 0.5) is 0 Å². The summed E-state index contributed by atoms with van der Waals surface area (Å²) in [5, 5.41) is 5.82. The van der Waals surface area contributed by atoms with Crippen LogP contribution in [0, 0.1) is 0 Å². The van der Waals surface area contributed by atoms with Crippen LogP contribution in [0.5, 0.6) is 5.95 Å². The Morgan fingerprint density at radius 1 is 1.33 bits per heavy atom. The third-order valence-electron chi connectivity index (χ3n) is 4.49. The van der Waals surface area contributed by atoms with Gasteiger partial charge in [-0.2, -0.15) is 0 Å². The number of nitrogens with one attached hydrogen (secondary N) is 2. The van der Waals surface area contributed by atoms with Crippen LogP contribution >= 0.6 is 0 Å². The lowest BCUT2D eigenvalue weighted by Crippen LogP contribution is -2.42. The first-order valence-corrected chi connectivity index (χ1v) is 8.97. The maximum Gasteiger partial charge on any atom is 0.287 e. The standard InChI is InChI=1S/C19H24N4O4/c1-3-20-18(24)15-10-14(12-23(15)11-13-6-4-5-9-21-13)22-19(25)16-7-8-17(26-2)27-16/h4-9,14-15H,3,10-12H2,1-2H3,(H,20,24)(H,22,25)/t14-,15+/m1/s1. The molecular formula is C19H24N4O4. The number of pyridine rings is 1. The molecule has 3 rings (SSSR count). The summed E-state index contributed by atoms with van der Waals surface area (Å²) < 4.78 is 10.3. The molecule has 8 nitrogen and oxygen atoms in total. The summed E-state index contributed by atoms with van der Waals surface area (Å²) in [6.45, 7) is 3.56. The maximum atomic E-state index is 12.5. The second-order valence-electron chi connectivity index (χ2n) is 6.39. The molecule has 1 aliphatic rings. The minimum absolute atomic E-state index is 0.0372. The van der Waals surface area contributed by atoms with Gasteiger partial charge in [0.25, 0.3) is 11.9 Å². The van der Waals surface area contributed by atoms with Gasteiger partial charge in [-0.15, -0.1) is 0 Å². The van der Waals surface area contributed by atoms with Gasteiger partial charge in [0, 0.05) is 37.9 Å². The SMILES string of the molecule is CCNC(=O)[C@@H]1C[C@@H](NC(=O)c2ccc(OC)o2)CN1Cc1ccccn1. The van der Waals surface area contributed by atoms with Crippen molar-refractivity contribution in [2.75, 3.05) is 20.2 Å². The van der Waals surface area contributed by atoms with E-state index in [1.807, 2.05) is 30.0 Å². The van der Waals surface area contributed by atoms with Gasteiger partial charge in [-0.05, 0) is 31.5 Å². The first-order chi connectivity index (χ1) is 13.1. The molecule has 8 heteroatoms. The summed E-state index contributed by atoms with van der Waals surface area (Å²) in [5.41, 5.74) is 0.884. The molecule has 1 aliphatic heterocycles. The van der Waals surface area contributed by atoms with Crippen LogP contribution in [0.2, 0.25) is 0 Å². The van der Waals surface area contributed by atoms with Gasteiger partial charge in [0.15, 0.2) is 5.76 Å². The van der Waals surface area contributed by atoms with Crippen molar-refractivity contribution in [3.63, 3.8) is 0 Å². The van der Waals surface area contributed by atoms with Gasteiger partial charge in [-0.3, -0.25) is 19.5 Å². The van der Waals surface area contributed by atoms with Crippen LogP contribution < -0.4 is 15.4 Å². The fourth-order valence-electron chi connectivity index (χ4n) is 3.26. The number of likely N-dealkylation sites (tertiary alicyclic amines) is 1. The molecule has 2 N–H and O–H groups in total. The van der Waals surface area contributed by atoms with Crippen LogP contribution in [-0.4, -0.2) is 54.0 Å². The second-order valence-corrected chi connectivity index (χ2v) is 6.39. The van der Waals surface area contributed by atoms with E-state index >= 15 is 0 Å². The van der Waals surface area contributed by atoms with Gasteiger partial charge < -0.3 is 19.8 Å². The average molecular weight is 372 g/mol. The highest BCUT2D eigenvalue weighted by Crippen LogP contribution is 2.22. The van der Waals surface area contributed by atoms with Crippen molar-refractivity contribution >= 4 is 11.8 Å². The predicted molar refractivity (Wildman–Crippen MR) is 98.2 cm³/mol. The van der Waals surface area contributed by atoms with Crippen LogP contribution in [0.15, 0.2) is 40.9 Å². The highest BCUT2D eigenvalue weighted by Gasteiger charge is 2.37. The van der Waals surface area contributed by atoms with Crippen molar-refractivity contribution in [1.82, 2.24) is 20.5 Å². The van der Waals surface area contributed by atoms with E-state index < -0.39 is 0 Å². The summed E-state index contributed by atoms with van der Waals surface area (Å²) in [4.78, 5) is 31.3. The number of methoxy groups -OCH3 is 1. The van der Waals surface area contributed by atoms with E-state index in [4.69, 9.17) is 9.15 Å². The highest BCUT2D eigenvalue weighted by atomic mass is 16.6. The number of aromatic nitrogens is 1. The normalized spacial score (nSPS) is 19.6. The number of hydrogen-bond donors (Lipinski definition) is 2. The summed E-state index contributed by atoms with van der Waals surface area (Å²) in [7, 11) is 1.48. The van der Waals surface area contributed by atoms with E-state index in [9.17, 15) is 9.59 Å². The van der Waals surface area contributed by atoms with Crippen molar-refractivity contribution in [1.29, 1.82) is 0 Å². The van der Waals surface area contributed by atoms with Crippen LogP contribution in [-0.2, 0) is 11.3 Å². The zero-order valence-electron chi connectivity index (χ0n) is 15.5. The molecule has 0 radical (unpaired) electrons. The number of carbonyl (C=O) groups excluding carboxylic acids is 2. The van der Waals surface area contributed by atoms with Crippen molar-refractivity contribution in [3.05, 3.63) is 48.0 Å². The number of hydrogen-bond acceptors (Lipinski definition) is 6. The maximum absolute atomic E-state index is 12.5. The smallest absolute Gasteiger partial charge is 0.287 e. The lowest BCUT2D eigenvalue weighted by Gasteiger charge is -2.22. The van der Waals surface area contributed by atoms with Crippen LogP contribution in [0.1, 0.15) is 29.6 Å². The largest absolute Gasteiger partial charge is 0.468 e. The zero-order valence-corrected chi connectivity index (χ0v) is 15.5. The second kappa shape index (κ2) is 8.68. The highest BCUT2D eigenvalue weighted by molar-refractivity contribution is 5.92. The number of rotatable bonds is 7. The first-order valence-electron chi connectivity index (χ1n) is 8.97. The predicted octanol–water partition coefficient (Wildman–Crippen LogP) is 1.19. The molecule has 2 atom stereocenters. The van der Waals surface area contributed by atoms with Gasteiger partial charge in [-0.1, -0.05) is 6.07 Å². The van der Waals surface area contributed by atoms with Crippen molar-refractivity contribution in [2.45, 2.75) is 32.0 Å². The fourth-order valence-corrected chi connectivity index (χ4v) is 3.26. The van der Waals surface area contributed by atoms with E-state index in [1.165, 1.54) is 7.11 Å². The van der Waals surface area contributed by atoms with Crippen molar-refractivity contribution in [3.8, 4) is 5.95 Å². The third-order valence-corrected chi connectivity index (χ3v) is 4.49. The molecule has 0 aliphatic carbocycles. The average Bonchev–Trinajstić information content (AvgIpc) is 3.30. The van der Waals surface area contributed by atoms with Crippen molar-refractivity contribution < 1.29 is 18.7 Å². The molecule has 1 fully saturated rings. The molecule has 0 spiro atoms. The quantitative estimate of drug-likeness (QED) is 0.758. The van der Waals surface area contributed by atoms with E-state index in [-0.39, 0.29) is 35.6 Å². The minimum Gasteiger partial charge on any atom is -0.468 e. The number of furan rings is 1. The molecule has 0 bridgehead atoms. The molecule has 0 aromatic carbocycles. The minimum atomic E-state index is -0.322. The zero-order chi connectivity index (χ0) is 19.2. The summed E-state index contributed by atoms with van der Waals surface area (Å²) >= 11 is 0. The topological polar surface area (TPSA) is 96.7 Å². The molecule has 1 saturated heterocycles. The van der Waals surface area contributed by atoms with Gasteiger partial charge in [0.2, 0.25) is 5.91 Å². The molecule has 2 amide bonds. The van der Waals surface area contributed by atoms with Gasteiger partial charge in [-0.25, -0.2) is 0 Å². The van der Waals surface area contributed by atoms with Crippen LogP contribution in [0.25, 0.3) is 0 Å². The molecular weight excluding hydrogens is 348 g/mol. The molecule has 2 aromatic heterocycles. The van der Waals surface area contributed by atoms with E-state index in [0.717, 1.165) is 5.69 Å². The summed E-state index contributed by atoms with van der Waals surface area (Å²) in [6.07, 6.45) is 2.26. The van der Waals surface area contributed by atoms with Crippen LogP contribution in [0.3, 0.4) is 0 Å². The van der Waals surface area contributed by atoms with E-state index in [0.29, 0.717) is 26.1 Å². The molecule has 3 heterocycles. The van der Waals surface area contributed by atoms with Gasteiger partial charge in [0.1, 0.15) is 0 Å². The summed E-state index contributed by atoms with van der Waals surface area (Å²) in [5.74, 6) is 0.107. The Bertz CT molecular complexity index is 777. The van der Waals surface area contributed by atoms with Crippen molar-refractivity contribution in [2.24, 2.45) is 0 Å². The van der Waals surface area contributed by atoms with E-state index in [2.05, 4.69) is 15.6 Å². The number of ether oxygens (including phenoxy) is 1. The Balaban J connectivity index is 1.67. The molecule has 144 valence electrons. The Kier molecular flexibility index (Phi) is 6.08. The molecule has 2 aromatic rings. The Hall–Kier alpha value is -2.87. The lowest BCUT2D eigenvalue weighted by atomic mass is 10.1. The molecule has 0 unspecified atom stereocenters. The fraction of sp³-hybridized carbons (Fsp3) is 0.421. The Morgan fingerprint density at radius 2 is 2.19 bits per heavy atom. The van der Waals surface area contributed by atoms with E-state index in [1.54, 1.807) is 18.3 Å². The number of amides is 2. The van der Waals surface area contributed by atoms with Gasteiger partial charge in [0.05, 0.1) is 18.8 Å². The molecule has 0 saturated carbocycles.